The van der Waals surface area contributed by atoms with Gasteiger partial charge in [-0.05, 0) is 12.5 Å². The Labute approximate surface area is 98.7 Å². The molecule has 1 N–H and O–H groups in total. The van der Waals surface area contributed by atoms with Crippen LogP contribution < -0.4 is 5.32 Å². The zero-order valence-corrected chi connectivity index (χ0v) is 9.73. The molecule has 0 bridgehead atoms. The van der Waals surface area contributed by atoms with E-state index in [2.05, 4.69) is 10.1 Å². The van der Waals surface area contributed by atoms with Crippen LogP contribution >= 0.6 is 0 Å². The quantitative estimate of drug-likeness (QED) is 0.481. The molecule has 1 rings (SSSR count). The molecular formula is C11H14N2O4. The smallest absolute Gasteiger partial charge is 0.307 e. The largest absolute Gasteiger partial charge is 0.469 e. The molecule has 0 aromatic heterocycles. The van der Waals surface area contributed by atoms with Crippen LogP contribution in [0.25, 0.3) is 0 Å². The van der Waals surface area contributed by atoms with Gasteiger partial charge in [-0.1, -0.05) is 6.07 Å². The molecule has 0 aliphatic carbocycles. The van der Waals surface area contributed by atoms with Crippen LogP contribution in [0.3, 0.4) is 0 Å². The van der Waals surface area contributed by atoms with E-state index >= 15 is 0 Å². The van der Waals surface area contributed by atoms with Gasteiger partial charge in [-0.15, -0.1) is 0 Å². The Morgan fingerprint density at radius 3 is 2.82 bits per heavy atom. The number of aryl methyl sites for hydroxylation is 1. The predicted molar refractivity (Wildman–Crippen MR) is 63.0 cm³/mol. The van der Waals surface area contributed by atoms with Crippen LogP contribution in [0.15, 0.2) is 18.2 Å². The van der Waals surface area contributed by atoms with Gasteiger partial charge in [-0.3, -0.25) is 14.9 Å². The Kier molecular flexibility index (Phi) is 4.45. The molecule has 0 saturated heterocycles. The molecule has 0 heterocycles. The van der Waals surface area contributed by atoms with Gasteiger partial charge in [0.1, 0.15) is 0 Å². The number of nitrogens with one attached hydrogen (secondary N) is 1. The second-order valence-electron chi connectivity index (χ2n) is 3.51. The highest BCUT2D eigenvalue weighted by atomic mass is 16.6. The van der Waals surface area contributed by atoms with Crippen LogP contribution in [0, 0.1) is 17.0 Å². The van der Waals surface area contributed by atoms with Gasteiger partial charge in [-0.2, -0.15) is 0 Å². The van der Waals surface area contributed by atoms with Gasteiger partial charge < -0.3 is 10.1 Å². The van der Waals surface area contributed by atoms with Crippen molar-refractivity contribution in [3.8, 4) is 0 Å². The highest BCUT2D eigenvalue weighted by molar-refractivity contribution is 5.70. The topological polar surface area (TPSA) is 81.5 Å². The lowest BCUT2D eigenvalue weighted by atomic mass is 10.2. The zero-order valence-electron chi connectivity index (χ0n) is 9.73. The molecule has 6 nitrogen and oxygen atoms in total. The molecule has 0 aliphatic rings. The first-order valence-corrected chi connectivity index (χ1v) is 5.10. The highest BCUT2D eigenvalue weighted by Crippen LogP contribution is 2.21. The minimum atomic E-state index is -0.453. The SMILES string of the molecule is COC(=O)CCNc1cc([N+](=O)[O-])ccc1C. The molecule has 0 unspecified atom stereocenters. The molecule has 17 heavy (non-hydrogen) atoms. The number of nitro benzene ring substituents is 1. The van der Waals surface area contributed by atoms with Crippen molar-refractivity contribution in [3.63, 3.8) is 0 Å². The highest BCUT2D eigenvalue weighted by Gasteiger charge is 2.08. The number of esters is 1. The van der Waals surface area contributed by atoms with E-state index in [1.54, 1.807) is 6.07 Å². The summed E-state index contributed by atoms with van der Waals surface area (Å²) in [5.41, 5.74) is 1.57. The standard InChI is InChI=1S/C11H14N2O4/c1-8-3-4-9(13(15)16)7-10(8)12-6-5-11(14)17-2/h3-4,7,12H,5-6H2,1-2H3. The first kappa shape index (κ1) is 13.0. The van der Waals surface area contributed by atoms with Crippen LogP contribution in [0.2, 0.25) is 0 Å². The summed E-state index contributed by atoms with van der Waals surface area (Å²) in [6.07, 6.45) is 0.221. The van der Waals surface area contributed by atoms with Crippen molar-refractivity contribution in [3.05, 3.63) is 33.9 Å². The van der Waals surface area contributed by atoms with E-state index in [4.69, 9.17) is 0 Å². The van der Waals surface area contributed by atoms with Gasteiger partial charge in [0.25, 0.3) is 5.69 Å². The van der Waals surface area contributed by atoms with E-state index in [1.165, 1.54) is 19.2 Å². The summed E-state index contributed by atoms with van der Waals surface area (Å²) in [5.74, 6) is -0.319. The minimum absolute atomic E-state index is 0.0242. The molecule has 0 atom stereocenters. The Morgan fingerprint density at radius 1 is 1.53 bits per heavy atom. The van der Waals surface area contributed by atoms with E-state index in [-0.39, 0.29) is 18.1 Å². The number of anilines is 1. The fourth-order valence-electron chi connectivity index (χ4n) is 1.32. The molecule has 0 saturated carbocycles. The van der Waals surface area contributed by atoms with Gasteiger partial charge in [0, 0.05) is 24.4 Å². The van der Waals surface area contributed by atoms with E-state index < -0.39 is 4.92 Å². The van der Waals surface area contributed by atoms with E-state index in [0.29, 0.717) is 12.2 Å². The number of hydrogen-bond donors (Lipinski definition) is 1. The number of carbonyl (C=O) groups excluding carboxylic acids is 1. The zero-order chi connectivity index (χ0) is 12.8. The average Bonchev–Trinajstić information content (AvgIpc) is 2.30. The average molecular weight is 238 g/mol. The maximum absolute atomic E-state index is 10.9. The van der Waals surface area contributed by atoms with Gasteiger partial charge in [0.15, 0.2) is 0 Å². The molecule has 0 radical (unpaired) electrons. The number of rotatable bonds is 5. The molecule has 0 aliphatic heterocycles. The maximum atomic E-state index is 10.9. The lowest BCUT2D eigenvalue weighted by Gasteiger charge is -2.08. The van der Waals surface area contributed by atoms with Crippen molar-refractivity contribution in [1.29, 1.82) is 0 Å². The van der Waals surface area contributed by atoms with Crippen molar-refractivity contribution < 1.29 is 14.5 Å². The van der Waals surface area contributed by atoms with Crippen molar-refractivity contribution >= 4 is 17.3 Å². The number of nitro groups is 1. The van der Waals surface area contributed by atoms with E-state index in [9.17, 15) is 14.9 Å². The normalized spacial score (nSPS) is 9.76. The number of benzene rings is 1. The molecule has 1 aromatic rings. The third-order valence-corrected chi connectivity index (χ3v) is 2.30. The lowest BCUT2D eigenvalue weighted by molar-refractivity contribution is -0.384. The summed E-state index contributed by atoms with van der Waals surface area (Å²) < 4.78 is 4.49. The van der Waals surface area contributed by atoms with Crippen LogP contribution in [0.1, 0.15) is 12.0 Å². The monoisotopic (exact) mass is 238 g/mol. The molecule has 92 valence electrons. The second-order valence-corrected chi connectivity index (χ2v) is 3.51. The number of nitrogens with zero attached hydrogens (tertiary/aromatic N) is 1. The van der Waals surface area contributed by atoms with E-state index in [1.807, 2.05) is 6.92 Å². The van der Waals surface area contributed by atoms with Gasteiger partial charge in [0.05, 0.1) is 18.5 Å². The second kappa shape index (κ2) is 5.83. The first-order chi connectivity index (χ1) is 8.04. The Balaban J connectivity index is 2.66. The molecule has 0 amide bonds. The third-order valence-electron chi connectivity index (χ3n) is 2.30. The summed E-state index contributed by atoms with van der Waals surface area (Å²) in [7, 11) is 1.32. The van der Waals surface area contributed by atoms with Crippen LogP contribution in [0.5, 0.6) is 0 Å². The first-order valence-electron chi connectivity index (χ1n) is 5.10. The molecule has 6 heteroatoms. The predicted octanol–water partition coefficient (Wildman–Crippen LogP) is 1.88. The molecule has 0 fully saturated rings. The lowest BCUT2D eigenvalue weighted by Crippen LogP contribution is -2.10. The summed E-state index contributed by atoms with van der Waals surface area (Å²) in [4.78, 5) is 21.0. The number of ether oxygens (including phenoxy) is 1. The van der Waals surface area contributed by atoms with Crippen LogP contribution in [0.4, 0.5) is 11.4 Å². The fourth-order valence-corrected chi connectivity index (χ4v) is 1.32. The van der Waals surface area contributed by atoms with Gasteiger partial charge in [-0.25, -0.2) is 0 Å². The third kappa shape index (κ3) is 3.75. The van der Waals surface area contributed by atoms with Crippen molar-refractivity contribution in [2.75, 3.05) is 19.0 Å². The van der Waals surface area contributed by atoms with Crippen LogP contribution in [-0.2, 0) is 9.53 Å². The molecule has 0 spiro atoms. The van der Waals surface area contributed by atoms with Crippen LogP contribution in [-0.4, -0.2) is 24.5 Å². The number of non-ortho nitro benzene ring substituents is 1. The van der Waals surface area contributed by atoms with Crippen molar-refractivity contribution in [2.45, 2.75) is 13.3 Å². The summed E-state index contributed by atoms with van der Waals surface area (Å²) in [6, 6.07) is 4.56. The number of methoxy groups -OCH3 is 1. The Bertz CT molecular complexity index is 431. The number of hydrogen-bond acceptors (Lipinski definition) is 5. The van der Waals surface area contributed by atoms with Gasteiger partial charge in [0.2, 0.25) is 0 Å². The fraction of sp³-hybridized carbons (Fsp3) is 0.364. The number of carbonyl (C=O) groups is 1. The van der Waals surface area contributed by atoms with Crippen molar-refractivity contribution in [1.82, 2.24) is 0 Å². The summed E-state index contributed by atoms with van der Waals surface area (Å²) >= 11 is 0. The van der Waals surface area contributed by atoms with E-state index in [0.717, 1.165) is 5.56 Å². The van der Waals surface area contributed by atoms with Gasteiger partial charge >= 0.3 is 5.97 Å². The summed E-state index contributed by atoms with van der Waals surface area (Å²) in [6.45, 7) is 2.22. The maximum Gasteiger partial charge on any atom is 0.307 e. The molecule has 1 aromatic carbocycles. The minimum Gasteiger partial charge on any atom is -0.469 e. The summed E-state index contributed by atoms with van der Waals surface area (Å²) in [5, 5.41) is 13.6. The van der Waals surface area contributed by atoms with Crippen molar-refractivity contribution in [2.24, 2.45) is 0 Å². The Morgan fingerprint density at radius 2 is 2.24 bits per heavy atom. The molecular weight excluding hydrogens is 224 g/mol. The Hall–Kier alpha value is -2.11.